The number of piperazine rings is 1. The number of ketones is 1. The molecule has 0 saturated carbocycles. The van der Waals surface area contributed by atoms with Gasteiger partial charge in [-0.05, 0) is 37.4 Å². The molecule has 0 spiro atoms. The highest BCUT2D eigenvalue weighted by molar-refractivity contribution is 5.96. The van der Waals surface area contributed by atoms with Crippen molar-refractivity contribution < 1.29 is 9.53 Å². The minimum Gasteiger partial charge on any atom is -0.383 e. The first-order chi connectivity index (χ1) is 16.2. The number of ether oxygens (including phenoxy) is 1. The Bertz CT molecular complexity index is 829. The number of methoxy groups -OCH3 is 1. The third-order valence-electron chi connectivity index (χ3n) is 7.35. The van der Waals surface area contributed by atoms with E-state index in [1.165, 1.54) is 5.56 Å². The van der Waals surface area contributed by atoms with Crippen LogP contribution < -0.4 is 0 Å². The molecule has 2 aliphatic heterocycles. The van der Waals surface area contributed by atoms with Gasteiger partial charge in [-0.3, -0.25) is 14.6 Å². The van der Waals surface area contributed by atoms with Crippen molar-refractivity contribution in [3.63, 3.8) is 0 Å². The van der Waals surface area contributed by atoms with Crippen LogP contribution in [0.3, 0.4) is 0 Å². The molecule has 2 saturated heterocycles. The molecule has 1 unspecified atom stereocenters. The first-order valence-corrected chi connectivity index (χ1v) is 12.5. The van der Waals surface area contributed by atoms with E-state index in [0.29, 0.717) is 24.2 Å². The Labute approximate surface area is 199 Å². The molecule has 1 atom stereocenters. The van der Waals surface area contributed by atoms with Crippen LogP contribution >= 0.6 is 0 Å². The van der Waals surface area contributed by atoms with Crippen molar-refractivity contribution in [1.29, 1.82) is 0 Å². The van der Waals surface area contributed by atoms with Gasteiger partial charge in [0, 0.05) is 64.4 Å². The largest absolute Gasteiger partial charge is 0.383 e. The topological polar surface area (TPSA) is 36.0 Å². The highest BCUT2D eigenvalue weighted by atomic mass is 16.5. The molecule has 178 valence electrons. The van der Waals surface area contributed by atoms with Gasteiger partial charge in [-0.1, -0.05) is 60.7 Å². The summed E-state index contributed by atoms with van der Waals surface area (Å²) in [5, 5.41) is 0. The van der Waals surface area contributed by atoms with Crippen LogP contribution in [0.25, 0.3) is 0 Å². The van der Waals surface area contributed by atoms with Gasteiger partial charge < -0.3 is 9.64 Å². The number of benzene rings is 2. The van der Waals surface area contributed by atoms with Crippen LogP contribution in [-0.2, 0) is 4.74 Å². The molecule has 2 fully saturated rings. The maximum Gasteiger partial charge on any atom is 0.163 e. The molecule has 2 aromatic rings. The summed E-state index contributed by atoms with van der Waals surface area (Å²) in [6, 6.07) is 21.2. The molecule has 4 rings (SSSR count). The fourth-order valence-corrected chi connectivity index (χ4v) is 5.25. The molecule has 33 heavy (non-hydrogen) atoms. The number of piperidine rings is 1. The second-order valence-corrected chi connectivity index (χ2v) is 9.53. The maximum absolute atomic E-state index is 12.6. The van der Waals surface area contributed by atoms with Gasteiger partial charge in [0.2, 0.25) is 0 Å². The summed E-state index contributed by atoms with van der Waals surface area (Å²) in [6.07, 6.45) is 2.92. The second kappa shape index (κ2) is 12.4. The Kier molecular flexibility index (Phi) is 9.07. The fraction of sp³-hybridized carbons (Fsp3) is 0.536. The van der Waals surface area contributed by atoms with E-state index < -0.39 is 0 Å². The van der Waals surface area contributed by atoms with Crippen molar-refractivity contribution in [2.45, 2.75) is 25.3 Å². The number of hydrogen-bond acceptors (Lipinski definition) is 5. The van der Waals surface area contributed by atoms with Crippen molar-refractivity contribution in [2.24, 2.45) is 5.92 Å². The molecular formula is C28H39N3O2. The second-order valence-electron chi connectivity index (χ2n) is 9.53. The fourth-order valence-electron chi connectivity index (χ4n) is 5.25. The van der Waals surface area contributed by atoms with E-state index in [1.807, 2.05) is 30.3 Å². The van der Waals surface area contributed by atoms with E-state index in [1.54, 1.807) is 7.11 Å². The lowest BCUT2D eigenvalue weighted by Gasteiger charge is -2.42. The van der Waals surface area contributed by atoms with Crippen LogP contribution in [0.15, 0.2) is 60.7 Å². The number of hydrogen-bond donors (Lipinski definition) is 0. The first-order valence-electron chi connectivity index (χ1n) is 12.5. The molecule has 0 amide bonds. The van der Waals surface area contributed by atoms with Crippen LogP contribution in [0.5, 0.6) is 0 Å². The molecule has 2 aliphatic rings. The lowest BCUT2D eigenvalue weighted by Crippen LogP contribution is -2.51. The van der Waals surface area contributed by atoms with Crippen molar-refractivity contribution in [2.75, 3.05) is 66.1 Å². The maximum atomic E-state index is 12.6. The number of rotatable bonds is 10. The van der Waals surface area contributed by atoms with Crippen LogP contribution in [-0.4, -0.2) is 86.6 Å². The molecule has 0 aromatic heterocycles. The Morgan fingerprint density at radius 3 is 2.15 bits per heavy atom. The number of carbonyl (C=O) groups excluding carboxylic acids is 1. The van der Waals surface area contributed by atoms with Crippen molar-refractivity contribution in [3.05, 3.63) is 71.8 Å². The van der Waals surface area contributed by atoms with Gasteiger partial charge in [-0.25, -0.2) is 0 Å². The molecular weight excluding hydrogens is 410 g/mol. The van der Waals surface area contributed by atoms with Crippen LogP contribution in [0, 0.1) is 5.92 Å². The van der Waals surface area contributed by atoms with Gasteiger partial charge in [0.1, 0.15) is 0 Å². The monoisotopic (exact) mass is 449 g/mol. The van der Waals surface area contributed by atoms with Crippen molar-refractivity contribution >= 4 is 5.78 Å². The third-order valence-corrected chi connectivity index (χ3v) is 7.35. The van der Waals surface area contributed by atoms with Gasteiger partial charge in [-0.2, -0.15) is 0 Å². The molecule has 2 aromatic carbocycles. The van der Waals surface area contributed by atoms with E-state index >= 15 is 0 Å². The zero-order valence-corrected chi connectivity index (χ0v) is 20.1. The molecule has 0 radical (unpaired) electrons. The van der Waals surface area contributed by atoms with Crippen molar-refractivity contribution in [1.82, 2.24) is 14.7 Å². The standard InChI is InChI=1S/C28H39N3O2/c1-33-21-20-29-16-18-31(19-17-29)27(25-8-4-2-5-9-25)23-30-14-12-24(13-15-30)22-28(32)26-10-6-3-7-11-26/h2-11,24,27H,12-23H2,1H3. The summed E-state index contributed by atoms with van der Waals surface area (Å²) in [7, 11) is 1.78. The predicted molar refractivity (Wildman–Crippen MR) is 134 cm³/mol. The molecule has 5 nitrogen and oxygen atoms in total. The molecule has 0 aliphatic carbocycles. The number of carbonyl (C=O) groups is 1. The SMILES string of the molecule is COCCN1CCN(C(CN2CCC(CC(=O)c3ccccc3)CC2)c2ccccc2)CC1. The average Bonchev–Trinajstić information content (AvgIpc) is 2.88. The van der Waals surface area contributed by atoms with Gasteiger partial charge in [-0.15, -0.1) is 0 Å². The van der Waals surface area contributed by atoms with Crippen LogP contribution in [0.4, 0.5) is 0 Å². The Morgan fingerprint density at radius 2 is 1.52 bits per heavy atom. The lowest BCUT2D eigenvalue weighted by molar-refractivity contribution is 0.0529. The lowest BCUT2D eigenvalue weighted by atomic mass is 9.89. The average molecular weight is 450 g/mol. The van der Waals surface area contributed by atoms with Crippen LogP contribution in [0.1, 0.15) is 41.2 Å². The van der Waals surface area contributed by atoms with E-state index in [0.717, 1.165) is 77.4 Å². The summed E-state index contributed by atoms with van der Waals surface area (Å²) in [5.74, 6) is 0.802. The zero-order valence-electron chi connectivity index (χ0n) is 20.1. The predicted octanol–water partition coefficient (Wildman–Crippen LogP) is 3.98. The van der Waals surface area contributed by atoms with Gasteiger partial charge in [0.25, 0.3) is 0 Å². The minimum absolute atomic E-state index is 0.294. The summed E-state index contributed by atoms with van der Waals surface area (Å²) >= 11 is 0. The smallest absolute Gasteiger partial charge is 0.163 e. The normalized spacial score (nSPS) is 20.0. The molecule has 0 bridgehead atoms. The number of nitrogens with zero attached hydrogens (tertiary/aromatic N) is 3. The van der Waals surface area contributed by atoms with E-state index in [4.69, 9.17) is 4.74 Å². The van der Waals surface area contributed by atoms with Gasteiger partial charge in [0.15, 0.2) is 5.78 Å². The quantitative estimate of drug-likeness (QED) is 0.513. The van der Waals surface area contributed by atoms with Crippen molar-refractivity contribution in [3.8, 4) is 0 Å². The Morgan fingerprint density at radius 1 is 0.879 bits per heavy atom. The molecule has 5 heteroatoms. The third kappa shape index (κ3) is 6.97. The number of likely N-dealkylation sites (tertiary alicyclic amines) is 1. The molecule has 2 heterocycles. The first kappa shape index (κ1) is 24.1. The summed E-state index contributed by atoms with van der Waals surface area (Å²) in [5.41, 5.74) is 2.28. The van der Waals surface area contributed by atoms with E-state index in [-0.39, 0.29) is 0 Å². The summed E-state index contributed by atoms with van der Waals surface area (Å²) in [6.45, 7) is 9.50. The summed E-state index contributed by atoms with van der Waals surface area (Å²) < 4.78 is 5.26. The van der Waals surface area contributed by atoms with Crippen LogP contribution in [0.2, 0.25) is 0 Å². The highest BCUT2D eigenvalue weighted by Crippen LogP contribution is 2.27. The zero-order chi connectivity index (χ0) is 22.9. The Hall–Kier alpha value is -2.05. The molecule has 0 N–H and O–H groups in total. The number of Topliss-reactive ketones (excluding diaryl/α,β-unsaturated/α-hetero) is 1. The van der Waals surface area contributed by atoms with E-state index in [2.05, 4.69) is 45.0 Å². The summed E-state index contributed by atoms with van der Waals surface area (Å²) in [4.78, 5) is 20.4. The van der Waals surface area contributed by atoms with Gasteiger partial charge >= 0.3 is 0 Å². The highest BCUT2D eigenvalue weighted by Gasteiger charge is 2.29. The van der Waals surface area contributed by atoms with Gasteiger partial charge in [0.05, 0.1) is 6.61 Å². The Balaban J connectivity index is 1.31. The van der Waals surface area contributed by atoms with E-state index in [9.17, 15) is 4.79 Å². The minimum atomic E-state index is 0.294.